The lowest BCUT2D eigenvalue weighted by Gasteiger charge is -2.13. The maximum absolute atomic E-state index is 12.8. The van der Waals surface area contributed by atoms with Crippen LogP contribution in [-0.2, 0) is 22.6 Å². The number of sulfone groups is 1. The summed E-state index contributed by atoms with van der Waals surface area (Å²) < 4.78 is 61.3. The van der Waals surface area contributed by atoms with Crippen LogP contribution in [0.5, 0.6) is 0 Å². The van der Waals surface area contributed by atoms with Crippen LogP contribution in [0.25, 0.3) is 0 Å². The van der Waals surface area contributed by atoms with Gasteiger partial charge in [0, 0.05) is 18.9 Å². The molecule has 0 heterocycles. The topological polar surface area (TPSA) is 89.3 Å². The van der Waals surface area contributed by atoms with Crippen LogP contribution in [0.4, 0.5) is 24.5 Å². The van der Waals surface area contributed by atoms with Crippen molar-refractivity contribution in [1.29, 1.82) is 0 Å². The second-order valence-corrected chi connectivity index (χ2v) is 7.80. The van der Waals surface area contributed by atoms with Gasteiger partial charge < -0.3 is 5.32 Å². The van der Waals surface area contributed by atoms with Crippen LogP contribution in [-0.4, -0.2) is 19.6 Å². The van der Waals surface area contributed by atoms with E-state index in [4.69, 9.17) is 11.6 Å². The summed E-state index contributed by atoms with van der Waals surface area (Å²) in [6.07, 6.45) is -3.77. The zero-order valence-electron chi connectivity index (χ0n) is 13.2. The first kappa shape index (κ1) is 20.0. The lowest BCUT2D eigenvalue weighted by Crippen LogP contribution is -2.09. The van der Waals surface area contributed by atoms with Gasteiger partial charge >= 0.3 is 6.18 Å². The molecule has 26 heavy (non-hydrogen) atoms. The molecule has 11 heteroatoms. The zero-order valence-corrected chi connectivity index (χ0v) is 14.7. The molecule has 2 rings (SSSR count). The normalized spacial score (nSPS) is 12.0. The maximum Gasteiger partial charge on any atom is 0.418 e. The van der Waals surface area contributed by atoms with E-state index < -0.39 is 37.2 Å². The minimum absolute atomic E-state index is 0.0204. The average molecular weight is 409 g/mol. The summed E-state index contributed by atoms with van der Waals surface area (Å²) in [4.78, 5) is 10.2. The first-order valence-corrected chi connectivity index (χ1v) is 9.24. The molecule has 0 bridgehead atoms. The van der Waals surface area contributed by atoms with Crippen LogP contribution in [0.15, 0.2) is 41.3 Å². The van der Waals surface area contributed by atoms with Crippen molar-refractivity contribution in [1.82, 2.24) is 0 Å². The van der Waals surface area contributed by atoms with E-state index >= 15 is 0 Å². The molecule has 0 spiro atoms. The standard InChI is InChI=1S/C15H12ClF3N2O4S/c1-26(24,25)10-4-2-9(3-5-10)8-20-13-7-12(16)11(15(17,18)19)6-14(13)21(22)23/h2-7,20H,8H2,1H3. The molecule has 0 saturated heterocycles. The van der Waals surface area contributed by atoms with Crippen molar-refractivity contribution >= 4 is 32.8 Å². The van der Waals surface area contributed by atoms with Gasteiger partial charge in [0.15, 0.2) is 9.84 Å². The fourth-order valence-electron chi connectivity index (χ4n) is 2.12. The van der Waals surface area contributed by atoms with E-state index in [2.05, 4.69) is 5.32 Å². The van der Waals surface area contributed by atoms with Crippen LogP contribution in [0.3, 0.4) is 0 Å². The van der Waals surface area contributed by atoms with Crippen molar-refractivity contribution in [2.75, 3.05) is 11.6 Å². The van der Waals surface area contributed by atoms with E-state index in [1.807, 2.05) is 0 Å². The number of hydrogen-bond acceptors (Lipinski definition) is 5. The number of hydrogen-bond donors (Lipinski definition) is 1. The predicted octanol–water partition coefficient (Wildman–Crippen LogP) is 4.28. The fourth-order valence-corrected chi connectivity index (χ4v) is 3.02. The van der Waals surface area contributed by atoms with Crippen molar-refractivity contribution < 1.29 is 26.5 Å². The quantitative estimate of drug-likeness (QED) is 0.589. The van der Waals surface area contributed by atoms with E-state index in [0.717, 1.165) is 12.3 Å². The van der Waals surface area contributed by atoms with E-state index in [-0.39, 0.29) is 17.1 Å². The third-order valence-corrected chi connectivity index (χ3v) is 4.86. The van der Waals surface area contributed by atoms with Crippen molar-refractivity contribution in [3.05, 3.63) is 62.7 Å². The Balaban J connectivity index is 2.29. The van der Waals surface area contributed by atoms with Gasteiger partial charge in [0.1, 0.15) is 5.69 Å². The maximum atomic E-state index is 12.8. The Bertz CT molecular complexity index is 945. The summed E-state index contributed by atoms with van der Waals surface area (Å²) in [5.74, 6) is 0. The molecule has 2 aromatic carbocycles. The van der Waals surface area contributed by atoms with Crippen molar-refractivity contribution in [2.24, 2.45) is 0 Å². The smallest absolute Gasteiger partial charge is 0.375 e. The van der Waals surface area contributed by atoms with Gasteiger partial charge in [-0.15, -0.1) is 0 Å². The number of alkyl halides is 3. The van der Waals surface area contributed by atoms with Crippen molar-refractivity contribution in [3.63, 3.8) is 0 Å². The highest BCUT2D eigenvalue weighted by Gasteiger charge is 2.36. The molecule has 1 N–H and O–H groups in total. The van der Waals surface area contributed by atoms with E-state index in [1.165, 1.54) is 24.3 Å². The highest BCUT2D eigenvalue weighted by Crippen LogP contribution is 2.40. The Morgan fingerprint density at radius 3 is 2.23 bits per heavy atom. The Morgan fingerprint density at radius 2 is 1.77 bits per heavy atom. The number of halogens is 4. The van der Waals surface area contributed by atoms with Gasteiger partial charge in [0.05, 0.1) is 20.4 Å². The SMILES string of the molecule is CS(=O)(=O)c1ccc(CNc2cc(Cl)c(C(F)(F)F)cc2[N+](=O)[O-])cc1. The largest absolute Gasteiger partial charge is 0.418 e. The number of nitrogens with zero attached hydrogens (tertiary/aromatic N) is 1. The van der Waals surface area contributed by atoms with Gasteiger partial charge in [-0.1, -0.05) is 23.7 Å². The average Bonchev–Trinajstić information content (AvgIpc) is 2.51. The third-order valence-electron chi connectivity index (χ3n) is 3.42. The number of benzene rings is 2. The lowest BCUT2D eigenvalue weighted by molar-refractivity contribution is -0.384. The summed E-state index contributed by atoms with van der Waals surface area (Å²) in [6, 6.07) is 6.91. The summed E-state index contributed by atoms with van der Waals surface area (Å²) in [5, 5.41) is 13.0. The minimum atomic E-state index is -4.82. The second-order valence-electron chi connectivity index (χ2n) is 5.37. The zero-order chi connectivity index (χ0) is 19.7. The number of rotatable bonds is 5. The molecule has 0 aliphatic carbocycles. The summed E-state index contributed by atoms with van der Waals surface area (Å²) >= 11 is 5.59. The van der Waals surface area contributed by atoms with Crippen LogP contribution in [0, 0.1) is 10.1 Å². The Kier molecular flexibility index (Phi) is 5.47. The van der Waals surface area contributed by atoms with E-state index in [0.29, 0.717) is 11.6 Å². The van der Waals surface area contributed by atoms with Crippen LogP contribution in [0.2, 0.25) is 5.02 Å². The highest BCUT2D eigenvalue weighted by molar-refractivity contribution is 7.90. The first-order valence-electron chi connectivity index (χ1n) is 6.97. The molecule has 0 aliphatic heterocycles. The molecule has 0 aliphatic rings. The van der Waals surface area contributed by atoms with Crippen LogP contribution < -0.4 is 5.32 Å². The third kappa shape index (κ3) is 4.64. The predicted molar refractivity (Wildman–Crippen MR) is 90.0 cm³/mol. The monoisotopic (exact) mass is 408 g/mol. The molecule has 0 aromatic heterocycles. The van der Waals surface area contributed by atoms with Gasteiger partial charge in [-0.05, 0) is 23.8 Å². The molecule has 0 amide bonds. The minimum Gasteiger partial charge on any atom is -0.375 e. The molecule has 2 aromatic rings. The number of anilines is 1. The highest BCUT2D eigenvalue weighted by atomic mass is 35.5. The van der Waals surface area contributed by atoms with Gasteiger partial charge in [-0.2, -0.15) is 13.2 Å². The van der Waals surface area contributed by atoms with Gasteiger partial charge in [0.2, 0.25) is 0 Å². The van der Waals surface area contributed by atoms with Crippen molar-refractivity contribution in [2.45, 2.75) is 17.6 Å². The Morgan fingerprint density at radius 1 is 1.19 bits per heavy atom. The van der Waals surface area contributed by atoms with Crippen LogP contribution in [0.1, 0.15) is 11.1 Å². The van der Waals surface area contributed by atoms with Crippen LogP contribution >= 0.6 is 11.6 Å². The lowest BCUT2D eigenvalue weighted by atomic mass is 10.1. The number of nitro benzene ring substituents is 1. The van der Waals surface area contributed by atoms with Gasteiger partial charge in [-0.25, -0.2) is 8.42 Å². The molecule has 0 atom stereocenters. The summed E-state index contributed by atoms with van der Waals surface area (Å²) in [5.41, 5.74) is -1.67. The molecular weight excluding hydrogens is 397 g/mol. The molecule has 0 saturated carbocycles. The fraction of sp³-hybridized carbons (Fsp3) is 0.200. The van der Waals surface area contributed by atoms with Gasteiger partial charge in [0.25, 0.3) is 5.69 Å². The molecule has 140 valence electrons. The Hall–Kier alpha value is -2.33. The summed E-state index contributed by atoms with van der Waals surface area (Å²) in [7, 11) is -3.36. The molecular formula is C15H12ClF3N2O4S. The second kappa shape index (κ2) is 7.12. The number of nitrogens with one attached hydrogen (secondary N) is 1. The van der Waals surface area contributed by atoms with Gasteiger partial charge in [-0.3, -0.25) is 10.1 Å². The molecule has 6 nitrogen and oxygen atoms in total. The molecule has 0 radical (unpaired) electrons. The summed E-state index contributed by atoms with van der Waals surface area (Å²) in [6.45, 7) is 0.0204. The van der Waals surface area contributed by atoms with Crippen molar-refractivity contribution in [3.8, 4) is 0 Å². The molecule has 0 unspecified atom stereocenters. The van der Waals surface area contributed by atoms with E-state index in [1.54, 1.807) is 0 Å². The Labute approximate surface area is 151 Å². The molecule has 0 fully saturated rings. The van der Waals surface area contributed by atoms with E-state index in [9.17, 15) is 31.7 Å². The first-order chi connectivity index (χ1) is 11.9. The number of nitro groups is 1.